The standard InChI is InChI=1S/C13H16ClN3O/c14-10-5-7-11(8-6-10)16-13(18)17-12-4-2-1-3-9-15-12/h5-8H,1-4,9H2,(H2,15,16,17,18). The first-order valence-electron chi connectivity index (χ1n) is 6.11. The zero-order valence-electron chi connectivity index (χ0n) is 10.1. The summed E-state index contributed by atoms with van der Waals surface area (Å²) in [6.07, 6.45) is 4.20. The summed E-state index contributed by atoms with van der Waals surface area (Å²) in [5.41, 5.74) is 0.714. The largest absolute Gasteiger partial charge is 0.324 e. The summed E-state index contributed by atoms with van der Waals surface area (Å²) in [6.45, 7) is 0.802. The van der Waals surface area contributed by atoms with Crippen LogP contribution in [0.3, 0.4) is 0 Å². The summed E-state index contributed by atoms with van der Waals surface area (Å²) in [5.74, 6) is 0.777. The van der Waals surface area contributed by atoms with Crippen LogP contribution in [0.15, 0.2) is 29.3 Å². The fourth-order valence-corrected chi connectivity index (χ4v) is 1.93. The first kappa shape index (κ1) is 12.9. The number of aliphatic imine (C=N–C) groups is 1. The van der Waals surface area contributed by atoms with E-state index in [0.717, 1.165) is 31.6 Å². The Morgan fingerprint density at radius 1 is 1.11 bits per heavy atom. The highest BCUT2D eigenvalue weighted by molar-refractivity contribution is 6.30. The van der Waals surface area contributed by atoms with Gasteiger partial charge in [-0.05, 0) is 37.1 Å². The number of hydrogen-bond donors (Lipinski definition) is 2. The lowest BCUT2D eigenvalue weighted by Crippen LogP contribution is -2.34. The van der Waals surface area contributed by atoms with Gasteiger partial charge in [0.25, 0.3) is 0 Å². The first-order chi connectivity index (χ1) is 8.74. The molecule has 1 heterocycles. The quantitative estimate of drug-likeness (QED) is 0.803. The normalized spacial score (nSPS) is 15.5. The van der Waals surface area contributed by atoms with E-state index in [2.05, 4.69) is 15.6 Å². The van der Waals surface area contributed by atoms with Crippen molar-refractivity contribution in [3.63, 3.8) is 0 Å². The van der Waals surface area contributed by atoms with Gasteiger partial charge in [-0.15, -0.1) is 0 Å². The maximum Gasteiger partial charge on any atom is 0.324 e. The number of benzene rings is 1. The minimum Gasteiger partial charge on any atom is -0.308 e. The molecule has 18 heavy (non-hydrogen) atoms. The minimum atomic E-state index is -0.252. The van der Waals surface area contributed by atoms with E-state index in [1.165, 1.54) is 6.42 Å². The number of amides is 2. The van der Waals surface area contributed by atoms with Crippen molar-refractivity contribution in [2.75, 3.05) is 11.9 Å². The molecule has 0 aromatic heterocycles. The summed E-state index contributed by atoms with van der Waals surface area (Å²) in [4.78, 5) is 16.1. The molecule has 5 heteroatoms. The smallest absolute Gasteiger partial charge is 0.308 e. The van der Waals surface area contributed by atoms with Gasteiger partial charge in [-0.1, -0.05) is 18.0 Å². The number of halogens is 1. The van der Waals surface area contributed by atoms with Crippen LogP contribution in [0.5, 0.6) is 0 Å². The third kappa shape index (κ3) is 4.04. The molecule has 2 amide bonds. The first-order valence-corrected chi connectivity index (χ1v) is 6.49. The number of nitrogens with one attached hydrogen (secondary N) is 2. The third-order valence-corrected chi connectivity index (χ3v) is 2.99. The van der Waals surface area contributed by atoms with E-state index in [4.69, 9.17) is 11.6 Å². The van der Waals surface area contributed by atoms with Crippen LogP contribution in [-0.2, 0) is 0 Å². The molecule has 0 saturated carbocycles. The fraction of sp³-hybridized carbons (Fsp3) is 0.385. The molecule has 0 aliphatic carbocycles. The summed E-state index contributed by atoms with van der Waals surface area (Å²) in [6, 6.07) is 6.74. The van der Waals surface area contributed by atoms with Crippen LogP contribution in [0, 0.1) is 0 Å². The van der Waals surface area contributed by atoms with E-state index in [9.17, 15) is 4.79 Å². The summed E-state index contributed by atoms with van der Waals surface area (Å²) in [7, 11) is 0. The molecule has 1 aliphatic rings. The van der Waals surface area contributed by atoms with E-state index < -0.39 is 0 Å². The molecule has 0 spiro atoms. The summed E-state index contributed by atoms with van der Waals surface area (Å²) >= 11 is 5.77. The lowest BCUT2D eigenvalue weighted by Gasteiger charge is -2.08. The molecule has 0 saturated heterocycles. The van der Waals surface area contributed by atoms with Gasteiger partial charge < -0.3 is 5.32 Å². The third-order valence-electron chi connectivity index (χ3n) is 2.73. The van der Waals surface area contributed by atoms with Crippen LogP contribution in [0.2, 0.25) is 5.02 Å². The van der Waals surface area contributed by atoms with Gasteiger partial charge in [0.15, 0.2) is 0 Å². The molecule has 0 bridgehead atoms. The van der Waals surface area contributed by atoms with E-state index in [-0.39, 0.29) is 6.03 Å². The molecule has 0 radical (unpaired) electrons. The predicted molar refractivity (Wildman–Crippen MR) is 74.4 cm³/mol. The molecule has 2 N–H and O–H groups in total. The van der Waals surface area contributed by atoms with Gasteiger partial charge in [0, 0.05) is 23.7 Å². The molecular weight excluding hydrogens is 250 g/mol. The van der Waals surface area contributed by atoms with Crippen molar-refractivity contribution >= 4 is 29.2 Å². The Labute approximate surface area is 111 Å². The molecule has 0 unspecified atom stereocenters. The maximum absolute atomic E-state index is 11.7. The molecule has 0 atom stereocenters. The Morgan fingerprint density at radius 3 is 2.67 bits per heavy atom. The summed E-state index contributed by atoms with van der Waals surface area (Å²) < 4.78 is 0. The van der Waals surface area contributed by atoms with Gasteiger partial charge in [0.2, 0.25) is 0 Å². The van der Waals surface area contributed by atoms with Crippen LogP contribution in [0.25, 0.3) is 0 Å². The van der Waals surface area contributed by atoms with E-state index in [0.29, 0.717) is 10.7 Å². The fourth-order valence-electron chi connectivity index (χ4n) is 1.80. The second-order valence-electron chi connectivity index (χ2n) is 4.23. The average Bonchev–Trinajstić information content (AvgIpc) is 2.61. The van der Waals surface area contributed by atoms with Gasteiger partial charge in [0.05, 0.1) is 0 Å². The molecule has 1 aliphatic heterocycles. The number of hydrogen-bond acceptors (Lipinski definition) is 2. The van der Waals surface area contributed by atoms with Crippen molar-refractivity contribution in [1.29, 1.82) is 0 Å². The number of amidine groups is 1. The molecule has 0 fully saturated rings. The van der Waals surface area contributed by atoms with Crippen molar-refractivity contribution in [2.24, 2.45) is 4.99 Å². The van der Waals surface area contributed by atoms with E-state index in [1.54, 1.807) is 24.3 Å². The van der Waals surface area contributed by atoms with E-state index >= 15 is 0 Å². The zero-order chi connectivity index (χ0) is 12.8. The van der Waals surface area contributed by atoms with Crippen LogP contribution < -0.4 is 10.6 Å². The van der Waals surface area contributed by atoms with Crippen molar-refractivity contribution in [2.45, 2.75) is 25.7 Å². The van der Waals surface area contributed by atoms with Crippen molar-refractivity contribution in [3.8, 4) is 0 Å². The highest BCUT2D eigenvalue weighted by Crippen LogP contribution is 2.13. The van der Waals surface area contributed by atoms with Crippen LogP contribution >= 0.6 is 11.6 Å². The molecule has 1 aromatic carbocycles. The Bertz CT molecular complexity index is 442. The monoisotopic (exact) mass is 265 g/mol. The van der Waals surface area contributed by atoms with Crippen LogP contribution in [0.1, 0.15) is 25.7 Å². The second kappa shape index (κ2) is 6.40. The molecular formula is C13H16ClN3O. The van der Waals surface area contributed by atoms with Gasteiger partial charge >= 0.3 is 6.03 Å². The molecule has 4 nitrogen and oxygen atoms in total. The zero-order valence-corrected chi connectivity index (χ0v) is 10.8. The number of anilines is 1. The van der Waals surface area contributed by atoms with Crippen LogP contribution in [-0.4, -0.2) is 18.4 Å². The second-order valence-corrected chi connectivity index (χ2v) is 4.66. The lowest BCUT2D eigenvalue weighted by atomic mass is 10.2. The minimum absolute atomic E-state index is 0.252. The lowest BCUT2D eigenvalue weighted by molar-refractivity contribution is 0.256. The van der Waals surface area contributed by atoms with Gasteiger partial charge in [-0.3, -0.25) is 10.3 Å². The average molecular weight is 266 g/mol. The maximum atomic E-state index is 11.7. The Balaban J connectivity index is 1.88. The van der Waals surface area contributed by atoms with Crippen molar-refractivity contribution in [3.05, 3.63) is 29.3 Å². The van der Waals surface area contributed by atoms with E-state index in [1.807, 2.05) is 0 Å². The molecule has 96 valence electrons. The number of rotatable bonds is 1. The van der Waals surface area contributed by atoms with Gasteiger partial charge in [-0.2, -0.15) is 0 Å². The summed E-state index contributed by atoms with van der Waals surface area (Å²) in [5, 5.41) is 6.18. The topological polar surface area (TPSA) is 53.5 Å². The number of carbonyl (C=O) groups excluding carboxylic acids is 1. The Hall–Kier alpha value is -1.55. The Morgan fingerprint density at radius 2 is 1.89 bits per heavy atom. The van der Waals surface area contributed by atoms with Crippen LogP contribution in [0.4, 0.5) is 10.5 Å². The predicted octanol–water partition coefficient (Wildman–Crippen LogP) is 3.43. The SMILES string of the molecule is O=C(NC1=NCCCCC1)Nc1ccc(Cl)cc1. The van der Waals surface area contributed by atoms with Crippen molar-refractivity contribution < 1.29 is 4.79 Å². The number of nitrogens with zero attached hydrogens (tertiary/aromatic N) is 1. The van der Waals surface area contributed by atoms with Gasteiger partial charge in [0.1, 0.15) is 5.84 Å². The van der Waals surface area contributed by atoms with Gasteiger partial charge in [-0.25, -0.2) is 4.79 Å². The highest BCUT2D eigenvalue weighted by Gasteiger charge is 2.08. The molecule has 1 aromatic rings. The number of urea groups is 1. The van der Waals surface area contributed by atoms with Crippen molar-refractivity contribution in [1.82, 2.24) is 5.32 Å². The highest BCUT2D eigenvalue weighted by atomic mass is 35.5. The Kier molecular flexibility index (Phi) is 4.59. The molecule has 2 rings (SSSR count). The number of carbonyl (C=O) groups is 1.